The number of carbonyl (C=O) groups excluding carboxylic acids is 4. The molecule has 1 aliphatic rings. The summed E-state index contributed by atoms with van der Waals surface area (Å²) in [4.78, 5) is 49.5. The van der Waals surface area contributed by atoms with Crippen LogP contribution < -0.4 is 5.32 Å². The van der Waals surface area contributed by atoms with E-state index in [2.05, 4.69) is 5.32 Å². The first-order valence-electron chi connectivity index (χ1n) is 9.03. The van der Waals surface area contributed by atoms with Gasteiger partial charge in [-0.3, -0.25) is 24.1 Å². The summed E-state index contributed by atoms with van der Waals surface area (Å²) in [6.07, 6.45) is 0.232. The van der Waals surface area contributed by atoms with E-state index in [1.165, 1.54) is 0 Å². The fraction of sp³-hybridized carbons (Fsp3) is 0.238. The van der Waals surface area contributed by atoms with Gasteiger partial charge in [-0.25, -0.2) is 0 Å². The Bertz CT molecular complexity index is 989. The van der Waals surface area contributed by atoms with Gasteiger partial charge in [0.25, 0.3) is 17.7 Å². The molecule has 3 rings (SSSR count). The number of anilines is 1. The predicted octanol–water partition coefficient (Wildman–Crippen LogP) is 3.21. The lowest BCUT2D eigenvalue weighted by atomic mass is 10.1. The Hall–Kier alpha value is -3.19. The Morgan fingerprint density at radius 3 is 2.59 bits per heavy atom. The van der Waals surface area contributed by atoms with Gasteiger partial charge in [0.1, 0.15) is 0 Å². The van der Waals surface area contributed by atoms with Gasteiger partial charge in [0, 0.05) is 23.7 Å². The number of halogens is 1. The van der Waals surface area contributed by atoms with Crippen LogP contribution in [0.2, 0.25) is 5.02 Å². The molecule has 150 valence electrons. The Morgan fingerprint density at radius 1 is 1.07 bits per heavy atom. The maximum absolute atomic E-state index is 12.4. The molecule has 0 saturated carbocycles. The van der Waals surface area contributed by atoms with Crippen LogP contribution >= 0.6 is 11.6 Å². The van der Waals surface area contributed by atoms with Crippen LogP contribution in [0.1, 0.15) is 39.1 Å². The Kier molecular flexibility index (Phi) is 6.29. The highest BCUT2D eigenvalue weighted by molar-refractivity contribution is 6.30. The minimum atomic E-state index is -0.585. The van der Waals surface area contributed by atoms with Gasteiger partial charge in [-0.05, 0) is 43.7 Å². The predicted molar refractivity (Wildman–Crippen MR) is 107 cm³/mol. The number of benzene rings is 2. The lowest BCUT2D eigenvalue weighted by Crippen LogP contribution is -2.31. The summed E-state index contributed by atoms with van der Waals surface area (Å²) in [6, 6.07) is 11.7. The zero-order valence-electron chi connectivity index (χ0n) is 15.7. The summed E-state index contributed by atoms with van der Waals surface area (Å²) in [5.41, 5.74) is 2.15. The number of carbonyl (C=O) groups is 4. The molecule has 2 aromatic carbocycles. The van der Waals surface area contributed by atoms with Gasteiger partial charge in [-0.15, -0.1) is 0 Å². The summed E-state index contributed by atoms with van der Waals surface area (Å²) in [5.74, 6) is -1.79. The van der Waals surface area contributed by atoms with Crippen molar-refractivity contribution in [1.29, 1.82) is 0 Å². The number of aryl methyl sites for hydroxylation is 1. The van der Waals surface area contributed by atoms with Gasteiger partial charge in [0.05, 0.1) is 11.1 Å². The molecule has 8 heteroatoms. The van der Waals surface area contributed by atoms with Crippen LogP contribution in [0.15, 0.2) is 42.5 Å². The minimum absolute atomic E-state index is 0.0170. The van der Waals surface area contributed by atoms with E-state index in [-0.39, 0.29) is 31.2 Å². The molecule has 1 aliphatic heterocycles. The van der Waals surface area contributed by atoms with Crippen molar-refractivity contribution in [2.45, 2.75) is 19.8 Å². The first-order chi connectivity index (χ1) is 13.8. The number of imide groups is 1. The molecule has 0 saturated heterocycles. The molecule has 1 heterocycles. The van der Waals surface area contributed by atoms with Crippen molar-refractivity contribution >= 4 is 41.0 Å². The van der Waals surface area contributed by atoms with Crippen molar-refractivity contribution in [2.24, 2.45) is 0 Å². The largest absolute Gasteiger partial charge is 0.456 e. The number of nitrogens with zero attached hydrogens (tertiary/aromatic N) is 1. The summed E-state index contributed by atoms with van der Waals surface area (Å²) in [7, 11) is 0. The highest BCUT2D eigenvalue weighted by Crippen LogP contribution is 2.24. The molecular formula is C21H19ClN2O5. The van der Waals surface area contributed by atoms with E-state index in [0.29, 0.717) is 21.8 Å². The number of hydrogen-bond acceptors (Lipinski definition) is 5. The summed E-state index contributed by atoms with van der Waals surface area (Å²) in [5, 5.41) is 3.04. The zero-order chi connectivity index (χ0) is 21.0. The summed E-state index contributed by atoms with van der Waals surface area (Å²) < 4.78 is 4.93. The highest BCUT2D eigenvalue weighted by Gasteiger charge is 2.35. The monoisotopic (exact) mass is 414 g/mol. The molecule has 1 N–H and O–H groups in total. The standard InChI is InChI=1S/C21H19ClN2O5/c1-13-7-8-16-17(10-13)21(28)24(20(16)27)9-3-6-19(26)29-12-18(25)23-15-5-2-4-14(22)11-15/h2,4-5,7-8,10-11H,3,6,9,12H2,1H3,(H,23,25). The maximum atomic E-state index is 12.4. The minimum Gasteiger partial charge on any atom is -0.456 e. The van der Waals surface area contributed by atoms with Crippen LogP contribution in [0.25, 0.3) is 0 Å². The second-order valence-electron chi connectivity index (χ2n) is 6.63. The van der Waals surface area contributed by atoms with Crippen LogP contribution in [0.3, 0.4) is 0 Å². The lowest BCUT2D eigenvalue weighted by molar-refractivity contribution is -0.147. The Labute approximate surface area is 172 Å². The number of ether oxygens (including phenoxy) is 1. The third kappa shape index (κ3) is 5.00. The second kappa shape index (κ2) is 8.87. The first-order valence-corrected chi connectivity index (χ1v) is 9.41. The second-order valence-corrected chi connectivity index (χ2v) is 7.07. The molecule has 2 aromatic rings. The van der Waals surface area contributed by atoms with Gasteiger partial charge >= 0.3 is 5.97 Å². The highest BCUT2D eigenvalue weighted by atomic mass is 35.5. The van der Waals surface area contributed by atoms with Crippen molar-refractivity contribution in [3.8, 4) is 0 Å². The van der Waals surface area contributed by atoms with E-state index in [0.717, 1.165) is 10.5 Å². The third-order valence-corrected chi connectivity index (χ3v) is 4.60. The maximum Gasteiger partial charge on any atom is 0.306 e. The van der Waals surface area contributed by atoms with E-state index < -0.39 is 18.5 Å². The van der Waals surface area contributed by atoms with Crippen LogP contribution in [-0.4, -0.2) is 41.7 Å². The van der Waals surface area contributed by atoms with Gasteiger partial charge in [0.15, 0.2) is 6.61 Å². The van der Waals surface area contributed by atoms with Gasteiger partial charge in [-0.1, -0.05) is 29.3 Å². The smallest absolute Gasteiger partial charge is 0.306 e. The van der Waals surface area contributed by atoms with Crippen molar-refractivity contribution in [2.75, 3.05) is 18.5 Å². The van der Waals surface area contributed by atoms with Crippen molar-refractivity contribution in [1.82, 2.24) is 4.90 Å². The Morgan fingerprint density at radius 2 is 1.83 bits per heavy atom. The molecule has 0 radical (unpaired) electrons. The molecular weight excluding hydrogens is 396 g/mol. The lowest BCUT2D eigenvalue weighted by Gasteiger charge is -2.13. The average molecular weight is 415 g/mol. The number of amides is 3. The number of rotatable bonds is 7. The number of esters is 1. The topological polar surface area (TPSA) is 92.8 Å². The first kappa shape index (κ1) is 20.5. The summed E-state index contributed by atoms with van der Waals surface area (Å²) >= 11 is 5.84. The van der Waals surface area contributed by atoms with Crippen molar-refractivity contribution in [3.63, 3.8) is 0 Å². The molecule has 0 unspecified atom stereocenters. The van der Waals surface area contributed by atoms with E-state index in [1.807, 2.05) is 6.92 Å². The third-order valence-electron chi connectivity index (χ3n) is 4.36. The van der Waals surface area contributed by atoms with Gasteiger partial charge < -0.3 is 10.1 Å². The zero-order valence-corrected chi connectivity index (χ0v) is 16.5. The van der Waals surface area contributed by atoms with Crippen molar-refractivity contribution in [3.05, 3.63) is 64.2 Å². The van der Waals surface area contributed by atoms with Crippen LogP contribution in [0.5, 0.6) is 0 Å². The fourth-order valence-corrected chi connectivity index (χ4v) is 3.16. The van der Waals surface area contributed by atoms with E-state index in [9.17, 15) is 19.2 Å². The molecule has 0 atom stereocenters. The fourth-order valence-electron chi connectivity index (χ4n) is 2.97. The number of fused-ring (bicyclic) bond motifs is 1. The average Bonchev–Trinajstić information content (AvgIpc) is 2.90. The van der Waals surface area contributed by atoms with Gasteiger partial charge in [0.2, 0.25) is 0 Å². The molecule has 29 heavy (non-hydrogen) atoms. The van der Waals surface area contributed by atoms with E-state index in [1.54, 1.807) is 42.5 Å². The normalized spacial score (nSPS) is 12.7. The molecule has 0 aliphatic carbocycles. The van der Waals surface area contributed by atoms with E-state index >= 15 is 0 Å². The van der Waals surface area contributed by atoms with Crippen LogP contribution in [-0.2, 0) is 14.3 Å². The van der Waals surface area contributed by atoms with Crippen LogP contribution in [0.4, 0.5) is 5.69 Å². The molecule has 0 spiro atoms. The van der Waals surface area contributed by atoms with E-state index in [4.69, 9.17) is 16.3 Å². The van der Waals surface area contributed by atoms with Gasteiger partial charge in [-0.2, -0.15) is 0 Å². The molecule has 0 fully saturated rings. The Balaban J connectivity index is 1.42. The van der Waals surface area contributed by atoms with Crippen LogP contribution in [0, 0.1) is 6.92 Å². The SMILES string of the molecule is Cc1ccc2c(c1)C(=O)N(CCCC(=O)OCC(=O)Nc1cccc(Cl)c1)C2=O. The molecule has 0 bridgehead atoms. The van der Waals surface area contributed by atoms with Crippen molar-refractivity contribution < 1.29 is 23.9 Å². The molecule has 7 nitrogen and oxygen atoms in total. The number of nitrogens with one attached hydrogen (secondary N) is 1. The molecule has 3 amide bonds. The number of hydrogen-bond donors (Lipinski definition) is 1. The quantitative estimate of drug-likeness (QED) is 0.554. The summed E-state index contributed by atoms with van der Waals surface area (Å²) in [6.45, 7) is 1.52. The molecule has 0 aromatic heterocycles.